The fraction of sp³-hybridized carbons (Fsp3) is 0.400. The summed E-state index contributed by atoms with van der Waals surface area (Å²) in [5, 5.41) is 7.86. The van der Waals surface area contributed by atoms with Crippen LogP contribution in [-0.4, -0.2) is 22.9 Å². The summed E-state index contributed by atoms with van der Waals surface area (Å²) in [6, 6.07) is 8.47. The van der Waals surface area contributed by atoms with Crippen molar-refractivity contribution in [3.8, 4) is 5.69 Å². The number of hydrogen-bond acceptors (Lipinski definition) is 2. The summed E-state index contributed by atoms with van der Waals surface area (Å²) < 4.78 is 1.97. The van der Waals surface area contributed by atoms with Gasteiger partial charge in [0.1, 0.15) is 0 Å². The molecule has 0 radical (unpaired) electrons. The zero-order chi connectivity index (χ0) is 12.4. The van der Waals surface area contributed by atoms with Crippen LogP contribution in [0.4, 0.5) is 0 Å². The van der Waals surface area contributed by atoms with Gasteiger partial charge in [0.05, 0.1) is 11.9 Å². The van der Waals surface area contributed by atoms with E-state index in [0.29, 0.717) is 0 Å². The van der Waals surface area contributed by atoms with Crippen LogP contribution >= 0.6 is 0 Å². The molecule has 18 heavy (non-hydrogen) atoms. The second-order valence-corrected chi connectivity index (χ2v) is 5.19. The molecular weight excluding hydrogens is 222 g/mol. The number of nitrogens with zero attached hydrogens (tertiary/aromatic N) is 2. The standard InChI is InChI=1S/C15H19N3/c1-12-2-4-15(5-3-12)18-11-14(10-17-18)8-13-6-7-16-9-13/h2-5,10-11,13,16H,6-9H2,1H3. The van der Waals surface area contributed by atoms with E-state index in [0.717, 1.165) is 31.1 Å². The van der Waals surface area contributed by atoms with Gasteiger partial charge >= 0.3 is 0 Å². The first-order valence-electron chi connectivity index (χ1n) is 6.62. The lowest BCUT2D eigenvalue weighted by Crippen LogP contribution is -2.10. The third kappa shape index (κ3) is 2.46. The Hall–Kier alpha value is -1.61. The predicted molar refractivity (Wildman–Crippen MR) is 73.0 cm³/mol. The molecule has 1 aromatic heterocycles. The Bertz CT molecular complexity index is 507. The minimum absolute atomic E-state index is 0.778. The average molecular weight is 241 g/mol. The van der Waals surface area contributed by atoms with Crippen LogP contribution in [0.25, 0.3) is 5.69 Å². The average Bonchev–Trinajstić information content (AvgIpc) is 3.02. The van der Waals surface area contributed by atoms with Crippen molar-refractivity contribution in [3.63, 3.8) is 0 Å². The van der Waals surface area contributed by atoms with E-state index in [4.69, 9.17) is 0 Å². The summed E-state index contributed by atoms with van der Waals surface area (Å²) in [5.41, 5.74) is 3.75. The third-order valence-corrected chi connectivity index (χ3v) is 3.62. The minimum Gasteiger partial charge on any atom is -0.316 e. The van der Waals surface area contributed by atoms with E-state index < -0.39 is 0 Å². The molecule has 94 valence electrons. The molecule has 0 aliphatic carbocycles. The van der Waals surface area contributed by atoms with Gasteiger partial charge in [-0.3, -0.25) is 0 Å². The molecule has 1 saturated heterocycles. The molecule has 1 fully saturated rings. The Kier molecular flexibility index (Phi) is 3.15. The zero-order valence-corrected chi connectivity index (χ0v) is 10.8. The summed E-state index contributed by atoms with van der Waals surface area (Å²) in [4.78, 5) is 0. The van der Waals surface area contributed by atoms with Crippen LogP contribution in [0.2, 0.25) is 0 Å². The highest BCUT2D eigenvalue weighted by Crippen LogP contribution is 2.16. The highest BCUT2D eigenvalue weighted by molar-refractivity contribution is 5.34. The number of aryl methyl sites for hydroxylation is 1. The van der Waals surface area contributed by atoms with E-state index >= 15 is 0 Å². The maximum absolute atomic E-state index is 4.45. The zero-order valence-electron chi connectivity index (χ0n) is 10.8. The molecule has 2 heterocycles. The Balaban J connectivity index is 1.74. The molecule has 3 nitrogen and oxygen atoms in total. The monoisotopic (exact) mass is 241 g/mol. The molecule has 1 aliphatic rings. The fourth-order valence-corrected chi connectivity index (χ4v) is 2.53. The van der Waals surface area contributed by atoms with Gasteiger partial charge in [-0.05, 0) is 56.5 Å². The largest absolute Gasteiger partial charge is 0.316 e. The Morgan fingerprint density at radius 3 is 2.89 bits per heavy atom. The summed E-state index contributed by atoms with van der Waals surface area (Å²) in [7, 11) is 0. The molecule has 1 N–H and O–H groups in total. The van der Waals surface area contributed by atoms with Crippen molar-refractivity contribution in [2.45, 2.75) is 19.8 Å². The fourth-order valence-electron chi connectivity index (χ4n) is 2.53. The van der Waals surface area contributed by atoms with Crippen molar-refractivity contribution in [1.29, 1.82) is 0 Å². The van der Waals surface area contributed by atoms with E-state index in [1.807, 2.05) is 10.9 Å². The lowest BCUT2D eigenvalue weighted by Gasteiger charge is -2.05. The van der Waals surface area contributed by atoms with E-state index in [2.05, 4.69) is 47.8 Å². The molecule has 0 bridgehead atoms. The molecule has 3 heteroatoms. The minimum atomic E-state index is 0.778. The summed E-state index contributed by atoms with van der Waals surface area (Å²) >= 11 is 0. The van der Waals surface area contributed by atoms with Crippen LogP contribution < -0.4 is 5.32 Å². The van der Waals surface area contributed by atoms with Crippen LogP contribution in [0, 0.1) is 12.8 Å². The van der Waals surface area contributed by atoms with E-state index in [9.17, 15) is 0 Å². The number of nitrogens with one attached hydrogen (secondary N) is 1. The lowest BCUT2D eigenvalue weighted by atomic mass is 10.0. The van der Waals surface area contributed by atoms with E-state index in [1.165, 1.54) is 17.5 Å². The van der Waals surface area contributed by atoms with Crippen LogP contribution in [0.3, 0.4) is 0 Å². The molecule has 0 saturated carbocycles. The van der Waals surface area contributed by atoms with Gasteiger partial charge in [0.2, 0.25) is 0 Å². The molecule has 2 aromatic rings. The van der Waals surface area contributed by atoms with Crippen molar-refractivity contribution < 1.29 is 0 Å². The van der Waals surface area contributed by atoms with Crippen molar-refractivity contribution in [1.82, 2.24) is 15.1 Å². The number of hydrogen-bond donors (Lipinski definition) is 1. The Labute approximate surface area is 108 Å². The quantitative estimate of drug-likeness (QED) is 0.894. The van der Waals surface area contributed by atoms with E-state index in [1.54, 1.807) is 0 Å². The van der Waals surface area contributed by atoms with E-state index in [-0.39, 0.29) is 0 Å². The SMILES string of the molecule is Cc1ccc(-n2cc(CC3CCNC3)cn2)cc1. The second-order valence-electron chi connectivity index (χ2n) is 5.19. The van der Waals surface area contributed by atoms with Crippen molar-refractivity contribution in [3.05, 3.63) is 47.8 Å². The molecule has 3 rings (SSSR count). The topological polar surface area (TPSA) is 29.9 Å². The molecule has 0 spiro atoms. The van der Waals surface area contributed by atoms with Gasteiger partial charge in [0.25, 0.3) is 0 Å². The van der Waals surface area contributed by atoms with Gasteiger partial charge in [-0.1, -0.05) is 17.7 Å². The molecule has 1 aromatic carbocycles. The van der Waals surface area contributed by atoms with Gasteiger partial charge in [0.15, 0.2) is 0 Å². The highest BCUT2D eigenvalue weighted by atomic mass is 15.3. The second kappa shape index (κ2) is 4.94. The van der Waals surface area contributed by atoms with Gasteiger partial charge in [-0.15, -0.1) is 0 Å². The molecule has 0 amide bonds. The van der Waals surface area contributed by atoms with Crippen molar-refractivity contribution in [2.75, 3.05) is 13.1 Å². The third-order valence-electron chi connectivity index (χ3n) is 3.62. The highest BCUT2D eigenvalue weighted by Gasteiger charge is 2.15. The summed E-state index contributed by atoms with van der Waals surface area (Å²) in [6.45, 7) is 4.41. The Morgan fingerprint density at radius 1 is 1.33 bits per heavy atom. The first-order chi connectivity index (χ1) is 8.81. The molecule has 1 aliphatic heterocycles. The lowest BCUT2D eigenvalue weighted by molar-refractivity contribution is 0.580. The van der Waals surface area contributed by atoms with Gasteiger partial charge in [-0.25, -0.2) is 4.68 Å². The smallest absolute Gasteiger partial charge is 0.0645 e. The maximum Gasteiger partial charge on any atom is 0.0645 e. The maximum atomic E-state index is 4.45. The van der Waals surface area contributed by atoms with Gasteiger partial charge in [0, 0.05) is 6.20 Å². The molecular formula is C15H19N3. The van der Waals surface area contributed by atoms with Crippen molar-refractivity contribution >= 4 is 0 Å². The van der Waals surface area contributed by atoms with Crippen LogP contribution in [-0.2, 0) is 6.42 Å². The summed E-state index contributed by atoms with van der Waals surface area (Å²) in [5.74, 6) is 0.778. The molecule has 1 atom stereocenters. The predicted octanol–water partition coefficient (Wildman–Crippen LogP) is 2.33. The van der Waals surface area contributed by atoms with Crippen LogP contribution in [0.1, 0.15) is 17.5 Å². The van der Waals surface area contributed by atoms with Gasteiger partial charge < -0.3 is 5.32 Å². The van der Waals surface area contributed by atoms with Gasteiger partial charge in [-0.2, -0.15) is 5.10 Å². The number of benzene rings is 1. The number of aromatic nitrogens is 2. The first kappa shape index (κ1) is 11.5. The molecule has 1 unspecified atom stereocenters. The first-order valence-corrected chi connectivity index (χ1v) is 6.62. The van der Waals surface area contributed by atoms with Crippen LogP contribution in [0.15, 0.2) is 36.7 Å². The van der Waals surface area contributed by atoms with Crippen LogP contribution in [0.5, 0.6) is 0 Å². The normalized spacial score (nSPS) is 19.3. The summed E-state index contributed by atoms with van der Waals surface area (Å²) in [6.07, 6.45) is 6.58. The number of rotatable bonds is 3. The van der Waals surface area contributed by atoms with Crippen molar-refractivity contribution in [2.24, 2.45) is 5.92 Å². The Morgan fingerprint density at radius 2 is 2.17 bits per heavy atom.